The van der Waals surface area contributed by atoms with E-state index in [1.54, 1.807) is 7.11 Å². The number of carbonyl (C=O) groups excluding carboxylic acids is 1. The van der Waals surface area contributed by atoms with Crippen LogP contribution in [0.1, 0.15) is 50.4 Å². The number of benzene rings is 2. The van der Waals surface area contributed by atoms with Gasteiger partial charge < -0.3 is 14.6 Å². The van der Waals surface area contributed by atoms with Crippen LogP contribution >= 0.6 is 0 Å². The van der Waals surface area contributed by atoms with Gasteiger partial charge in [0.1, 0.15) is 11.6 Å². The van der Waals surface area contributed by atoms with Crippen molar-refractivity contribution in [2.75, 3.05) is 20.2 Å². The number of carbonyl (C=O) groups is 1. The Morgan fingerprint density at radius 2 is 1.94 bits per heavy atom. The fraction of sp³-hybridized carbons (Fsp3) is 0.480. The fourth-order valence-corrected chi connectivity index (χ4v) is 4.48. The van der Waals surface area contributed by atoms with E-state index in [2.05, 4.69) is 75.2 Å². The molecule has 1 aliphatic rings. The zero-order valence-corrected chi connectivity index (χ0v) is 19.5. The third-order valence-corrected chi connectivity index (χ3v) is 6.33. The van der Waals surface area contributed by atoms with Gasteiger partial charge in [0.15, 0.2) is 5.82 Å². The Hall–Kier alpha value is -2.93. The number of hydrogen-bond acceptors (Lipinski definition) is 5. The maximum atomic E-state index is 12.1. The van der Waals surface area contributed by atoms with Gasteiger partial charge in [-0.2, -0.15) is 0 Å². The molecule has 2 aromatic carbocycles. The van der Waals surface area contributed by atoms with Crippen LogP contribution in [0.5, 0.6) is 5.75 Å². The third kappa shape index (κ3) is 4.48. The molecule has 1 N–H and O–H groups in total. The summed E-state index contributed by atoms with van der Waals surface area (Å²) < 4.78 is 7.91. The zero-order chi connectivity index (χ0) is 22.7. The predicted molar refractivity (Wildman–Crippen MR) is 126 cm³/mol. The van der Waals surface area contributed by atoms with Crippen LogP contribution in [0, 0.1) is 5.92 Å². The van der Waals surface area contributed by atoms with E-state index in [9.17, 15) is 4.79 Å². The number of fused-ring (bicyclic) bond motifs is 2. The van der Waals surface area contributed by atoms with Crippen molar-refractivity contribution in [1.82, 2.24) is 25.0 Å². The van der Waals surface area contributed by atoms with Crippen molar-refractivity contribution < 1.29 is 9.53 Å². The summed E-state index contributed by atoms with van der Waals surface area (Å²) in [7, 11) is 1.74. The maximum Gasteiger partial charge on any atom is 0.220 e. The normalized spacial score (nSPS) is 15.4. The van der Waals surface area contributed by atoms with Crippen molar-refractivity contribution in [3.8, 4) is 5.75 Å². The number of methoxy groups -OCH3 is 1. The summed E-state index contributed by atoms with van der Waals surface area (Å²) in [5.74, 6) is 3.05. The molecule has 32 heavy (non-hydrogen) atoms. The molecule has 1 amide bonds. The van der Waals surface area contributed by atoms with E-state index in [1.165, 1.54) is 16.3 Å². The molecular formula is C25H33N5O2. The Bertz CT molecular complexity index is 1090. The number of amides is 1. The molecule has 4 rings (SSSR count). The molecule has 1 aliphatic heterocycles. The van der Waals surface area contributed by atoms with E-state index in [0.717, 1.165) is 50.0 Å². The summed E-state index contributed by atoms with van der Waals surface area (Å²) in [4.78, 5) is 14.5. The molecule has 7 heteroatoms. The summed E-state index contributed by atoms with van der Waals surface area (Å²) >= 11 is 0. The molecule has 1 atom stereocenters. The molecule has 170 valence electrons. The van der Waals surface area contributed by atoms with Crippen LogP contribution in [0.3, 0.4) is 0 Å². The molecule has 0 spiro atoms. The van der Waals surface area contributed by atoms with E-state index in [1.807, 2.05) is 6.92 Å². The van der Waals surface area contributed by atoms with E-state index < -0.39 is 0 Å². The van der Waals surface area contributed by atoms with E-state index in [0.29, 0.717) is 6.42 Å². The summed E-state index contributed by atoms with van der Waals surface area (Å²) in [6, 6.07) is 12.5. The molecule has 0 bridgehead atoms. The standard InChI is InChI=1S/C25H33N5O2/c1-5-23(31)26-24(17(2)3)25-28-27-22-12-13-29(14-15-30(22)25)16-20-19-9-7-6-8-18(19)10-11-21(20)32-4/h6-11,17,24H,5,12-16H2,1-4H3,(H,26,31)/t24-/m1/s1. The van der Waals surface area contributed by atoms with E-state index >= 15 is 0 Å². The summed E-state index contributed by atoms with van der Waals surface area (Å²) in [5.41, 5.74) is 1.22. The highest BCUT2D eigenvalue weighted by Gasteiger charge is 2.27. The van der Waals surface area contributed by atoms with Crippen molar-refractivity contribution in [3.63, 3.8) is 0 Å². The zero-order valence-electron chi connectivity index (χ0n) is 19.5. The summed E-state index contributed by atoms with van der Waals surface area (Å²) in [6.45, 7) is 9.50. The minimum Gasteiger partial charge on any atom is -0.496 e. The molecule has 0 radical (unpaired) electrons. The Kier molecular flexibility index (Phi) is 6.74. The first-order valence-electron chi connectivity index (χ1n) is 11.5. The van der Waals surface area contributed by atoms with Crippen molar-refractivity contribution >= 4 is 16.7 Å². The fourth-order valence-electron chi connectivity index (χ4n) is 4.48. The van der Waals surface area contributed by atoms with Gasteiger partial charge in [0.25, 0.3) is 0 Å². The Balaban J connectivity index is 1.56. The molecule has 7 nitrogen and oxygen atoms in total. The van der Waals surface area contributed by atoms with Gasteiger partial charge in [-0.05, 0) is 22.8 Å². The van der Waals surface area contributed by atoms with Crippen molar-refractivity contribution in [3.05, 3.63) is 53.6 Å². The van der Waals surface area contributed by atoms with Gasteiger partial charge >= 0.3 is 0 Å². The number of nitrogens with zero attached hydrogens (tertiary/aromatic N) is 4. The largest absolute Gasteiger partial charge is 0.496 e. The second kappa shape index (κ2) is 9.69. The number of nitrogens with one attached hydrogen (secondary N) is 1. The van der Waals surface area contributed by atoms with Gasteiger partial charge in [-0.15, -0.1) is 10.2 Å². The summed E-state index contributed by atoms with van der Waals surface area (Å²) in [6.07, 6.45) is 1.29. The number of rotatable bonds is 7. The number of ether oxygens (including phenoxy) is 1. The highest BCUT2D eigenvalue weighted by Crippen LogP contribution is 2.30. The monoisotopic (exact) mass is 435 g/mol. The van der Waals surface area contributed by atoms with Crippen LogP contribution in [-0.4, -0.2) is 45.8 Å². The molecule has 3 aromatic rings. The molecule has 0 fully saturated rings. The molecule has 0 aliphatic carbocycles. The topological polar surface area (TPSA) is 72.3 Å². The number of hydrogen-bond donors (Lipinski definition) is 1. The highest BCUT2D eigenvalue weighted by molar-refractivity contribution is 5.87. The molecule has 0 saturated heterocycles. The van der Waals surface area contributed by atoms with Crippen LogP contribution in [0.25, 0.3) is 10.8 Å². The molecule has 1 aromatic heterocycles. The van der Waals surface area contributed by atoms with E-state index in [-0.39, 0.29) is 17.9 Å². The number of aromatic nitrogens is 3. The second-order valence-corrected chi connectivity index (χ2v) is 8.76. The first kappa shape index (κ1) is 22.3. The van der Waals surface area contributed by atoms with Gasteiger partial charge in [0.05, 0.1) is 13.2 Å². The maximum absolute atomic E-state index is 12.1. The lowest BCUT2D eigenvalue weighted by atomic mass is 10.0. The lowest BCUT2D eigenvalue weighted by Crippen LogP contribution is -2.34. The first-order valence-corrected chi connectivity index (χ1v) is 11.5. The van der Waals surface area contributed by atoms with E-state index in [4.69, 9.17) is 4.74 Å². The van der Waals surface area contributed by atoms with Gasteiger partial charge in [0, 0.05) is 44.6 Å². The van der Waals surface area contributed by atoms with Crippen LogP contribution in [-0.2, 0) is 24.3 Å². The van der Waals surface area contributed by atoms with Crippen LogP contribution in [0.4, 0.5) is 0 Å². The van der Waals surface area contributed by atoms with Crippen LogP contribution < -0.4 is 10.1 Å². The van der Waals surface area contributed by atoms with Crippen LogP contribution in [0.2, 0.25) is 0 Å². The first-order chi connectivity index (χ1) is 15.5. The minimum absolute atomic E-state index is 0.0411. The Morgan fingerprint density at radius 3 is 2.69 bits per heavy atom. The quantitative estimate of drug-likeness (QED) is 0.612. The second-order valence-electron chi connectivity index (χ2n) is 8.76. The van der Waals surface area contributed by atoms with Gasteiger partial charge in [-0.25, -0.2) is 0 Å². The third-order valence-electron chi connectivity index (χ3n) is 6.33. The molecule has 2 heterocycles. The average molecular weight is 436 g/mol. The minimum atomic E-state index is -0.131. The van der Waals surface area contributed by atoms with Gasteiger partial charge in [-0.3, -0.25) is 9.69 Å². The van der Waals surface area contributed by atoms with Gasteiger partial charge in [0.2, 0.25) is 5.91 Å². The highest BCUT2D eigenvalue weighted by atomic mass is 16.5. The predicted octanol–water partition coefficient (Wildman–Crippen LogP) is 3.72. The molecular weight excluding hydrogens is 402 g/mol. The van der Waals surface area contributed by atoms with Crippen molar-refractivity contribution in [2.45, 2.75) is 52.7 Å². The van der Waals surface area contributed by atoms with Crippen molar-refractivity contribution in [2.24, 2.45) is 5.92 Å². The SMILES string of the molecule is CCC(=O)N[C@@H](c1nnc2n1CCN(Cc1c(OC)ccc3ccccc13)CC2)C(C)C. The average Bonchev–Trinajstić information content (AvgIpc) is 3.10. The van der Waals surface area contributed by atoms with Crippen molar-refractivity contribution in [1.29, 1.82) is 0 Å². The lowest BCUT2D eigenvalue weighted by molar-refractivity contribution is -0.121. The lowest BCUT2D eigenvalue weighted by Gasteiger charge is -2.24. The smallest absolute Gasteiger partial charge is 0.220 e. The van der Waals surface area contributed by atoms with Crippen LogP contribution in [0.15, 0.2) is 36.4 Å². The Labute approximate surface area is 189 Å². The molecule has 0 unspecified atom stereocenters. The Morgan fingerprint density at radius 1 is 1.12 bits per heavy atom. The molecule has 0 saturated carbocycles. The summed E-state index contributed by atoms with van der Waals surface area (Å²) in [5, 5.41) is 14.6. The van der Waals surface area contributed by atoms with Gasteiger partial charge in [-0.1, -0.05) is 51.1 Å².